The van der Waals surface area contributed by atoms with Crippen molar-refractivity contribution in [1.82, 2.24) is 5.32 Å². The van der Waals surface area contributed by atoms with E-state index in [1.54, 1.807) is 20.8 Å². The number of esters is 1. The Morgan fingerprint density at radius 3 is 2.46 bits per heavy atom. The summed E-state index contributed by atoms with van der Waals surface area (Å²) in [6, 6.07) is 2.27. The summed E-state index contributed by atoms with van der Waals surface area (Å²) in [6.45, 7) is 5.42. The fourth-order valence-corrected chi connectivity index (χ4v) is 3.47. The maximum absolute atomic E-state index is 13.3. The van der Waals surface area contributed by atoms with Crippen LogP contribution in [-0.4, -0.2) is 78.5 Å². The van der Waals surface area contributed by atoms with Crippen LogP contribution in [0.25, 0.3) is 0 Å². The summed E-state index contributed by atoms with van der Waals surface area (Å²) in [5, 5.41) is 21.3. The molecule has 0 bridgehead atoms. The molecule has 1 amide bonds. The van der Waals surface area contributed by atoms with Gasteiger partial charge in [-0.05, 0) is 65.2 Å². The second kappa shape index (κ2) is 15.5. The molecule has 4 atom stereocenters. The van der Waals surface area contributed by atoms with Crippen LogP contribution in [0.3, 0.4) is 0 Å². The van der Waals surface area contributed by atoms with E-state index in [1.165, 1.54) is 19.1 Å². The quantitative estimate of drug-likeness (QED) is 0.103. The van der Waals surface area contributed by atoms with Gasteiger partial charge in [0.2, 0.25) is 0 Å². The number of nitrogens with zero attached hydrogens (tertiary/aromatic N) is 2. The Morgan fingerprint density at radius 2 is 1.88 bits per heavy atom. The highest BCUT2D eigenvalue weighted by molar-refractivity contribution is 5.85. The summed E-state index contributed by atoms with van der Waals surface area (Å²) < 4.78 is 27.6. The van der Waals surface area contributed by atoms with Crippen LogP contribution in [0.15, 0.2) is 18.2 Å². The number of hydrogen-bond acceptors (Lipinski definition) is 14. The lowest BCUT2D eigenvalue weighted by molar-refractivity contribution is -0.790. The summed E-state index contributed by atoms with van der Waals surface area (Å²) in [5.74, 6) is -1.50. The first-order valence-electron chi connectivity index (χ1n) is 12.6. The van der Waals surface area contributed by atoms with Crippen molar-refractivity contribution in [3.63, 3.8) is 0 Å². The van der Waals surface area contributed by atoms with Crippen LogP contribution in [-0.2, 0) is 28.7 Å². The molecule has 228 valence electrons. The first kappa shape index (κ1) is 33.0. The van der Waals surface area contributed by atoms with Gasteiger partial charge in [-0.1, -0.05) is 0 Å². The molecule has 17 nitrogen and oxygen atoms in total. The van der Waals surface area contributed by atoms with E-state index in [-0.39, 0.29) is 17.1 Å². The van der Waals surface area contributed by atoms with Crippen LogP contribution in [0.4, 0.5) is 4.79 Å². The van der Waals surface area contributed by atoms with Gasteiger partial charge in [0.1, 0.15) is 25.1 Å². The van der Waals surface area contributed by atoms with E-state index in [4.69, 9.17) is 23.7 Å². The summed E-state index contributed by atoms with van der Waals surface area (Å²) in [7, 11) is 0. The van der Waals surface area contributed by atoms with Crippen molar-refractivity contribution in [2.75, 3.05) is 19.8 Å². The molecule has 1 aliphatic rings. The lowest BCUT2D eigenvalue weighted by atomic mass is 10.1. The van der Waals surface area contributed by atoms with Gasteiger partial charge in [-0.25, -0.2) is 9.59 Å². The Labute approximate surface area is 234 Å². The van der Waals surface area contributed by atoms with Crippen molar-refractivity contribution < 1.29 is 57.9 Å². The number of nitrogens with one attached hydrogen (secondary N) is 1. The monoisotopic (exact) mass is 587 g/mol. The molecule has 0 spiro atoms. The van der Waals surface area contributed by atoms with Gasteiger partial charge in [-0.2, -0.15) is 0 Å². The number of ether oxygens (including phenoxy) is 5. The molecule has 17 heteroatoms. The van der Waals surface area contributed by atoms with Gasteiger partial charge >= 0.3 is 12.1 Å². The van der Waals surface area contributed by atoms with Crippen molar-refractivity contribution in [2.24, 2.45) is 0 Å². The Morgan fingerprint density at radius 1 is 1.15 bits per heavy atom. The van der Waals surface area contributed by atoms with Crippen molar-refractivity contribution in [1.29, 1.82) is 0 Å². The lowest BCUT2D eigenvalue weighted by Gasteiger charge is -2.30. The van der Waals surface area contributed by atoms with Crippen LogP contribution in [0, 0.1) is 20.2 Å². The minimum atomic E-state index is -1.53. The highest BCUT2D eigenvalue weighted by Crippen LogP contribution is 2.29. The molecule has 1 saturated heterocycles. The van der Waals surface area contributed by atoms with E-state index in [0.29, 0.717) is 19.3 Å². The molecule has 1 N–H and O–H groups in total. The van der Waals surface area contributed by atoms with Crippen molar-refractivity contribution in [3.8, 4) is 11.5 Å². The Balaban J connectivity index is 2.26. The third kappa shape index (κ3) is 12.2. The van der Waals surface area contributed by atoms with Crippen LogP contribution < -0.4 is 14.8 Å². The first-order chi connectivity index (χ1) is 19.3. The predicted molar refractivity (Wildman–Crippen MR) is 135 cm³/mol. The van der Waals surface area contributed by atoms with Crippen LogP contribution in [0.1, 0.15) is 57.3 Å². The second-order valence-electron chi connectivity index (χ2n) is 9.79. The molecular formula is C24H33N3O14. The third-order valence-corrected chi connectivity index (χ3v) is 5.24. The summed E-state index contributed by atoms with van der Waals surface area (Å²) >= 11 is 0. The van der Waals surface area contributed by atoms with E-state index in [2.05, 4.69) is 15.0 Å². The normalized spacial score (nSPS) is 17.2. The number of carbonyl (C=O) groups excluding carboxylic acids is 3. The average molecular weight is 588 g/mol. The zero-order valence-electron chi connectivity index (χ0n) is 23.0. The smallest absolute Gasteiger partial charge is 0.408 e. The molecule has 0 saturated carbocycles. The van der Waals surface area contributed by atoms with Gasteiger partial charge in [0.25, 0.3) is 10.2 Å². The van der Waals surface area contributed by atoms with Gasteiger partial charge < -0.3 is 38.7 Å². The number of rotatable bonds is 15. The van der Waals surface area contributed by atoms with E-state index < -0.39 is 65.6 Å². The fraction of sp³-hybridized carbons (Fsp3) is 0.625. The van der Waals surface area contributed by atoms with Gasteiger partial charge in [-0.3, -0.25) is 4.79 Å². The molecule has 1 aromatic carbocycles. The SMILES string of the molecule is CC(OC1CCCCO1)C(NC(=O)OC(C)(C)C)C(=O)Oc1cc(C=O)ccc1OCC(CO[N+](=O)[O-])O[N+](=O)[O-]. The van der Waals surface area contributed by atoms with Crippen molar-refractivity contribution in [3.05, 3.63) is 44.0 Å². The van der Waals surface area contributed by atoms with Gasteiger partial charge in [-0.15, -0.1) is 20.2 Å². The fourth-order valence-electron chi connectivity index (χ4n) is 3.47. The molecule has 1 heterocycles. The summed E-state index contributed by atoms with van der Waals surface area (Å²) in [4.78, 5) is 66.9. The Bertz CT molecular complexity index is 1070. The number of carbonyl (C=O) groups is 3. The topological polar surface area (TPSA) is 214 Å². The number of amides is 1. The number of hydrogen-bond donors (Lipinski definition) is 1. The van der Waals surface area contributed by atoms with Gasteiger partial charge in [0, 0.05) is 12.2 Å². The highest BCUT2D eigenvalue weighted by Gasteiger charge is 2.34. The zero-order valence-corrected chi connectivity index (χ0v) is 23.0. The first-order valence-corrected chi connectivity index (χ1v) is 12.6. The highest BCUT2D eigenvalue weighted by atomic mass is 17.0. The summed E-state index contributed by atoms with van der Waals surface area (Å²) in [6.07, 6.45) is -1.30. The molecule has 2 rings (SSSR count). The standard InChI is InChI=1S/C24H33N3O14/c1-15(38-20-7-5-6-10-35-20)21(25-23(30)40-24(2,3)4)22(29)39-19-11-16(12-28)8-9-18(19)36-13-17(41-27(33)34)14-37-26(31)32/h8-9,11-12,15,17,20-21H,5-7,10,13-14H2,1-4H3,(H,25,30). The van der Waals surface area contributed by atoms with Crippen molar-refractivity contribution in [2.45, 2.75) is 77.1 Å². The van der Waals surface area contributed by atoms with Crippen LogP contribution >= 0.6 is 0 Å². The Hall–Kier alpha value is -4.25. The molecule has 4 unspecified atom stereocenters. The average Bonchev–Trinajstić information content (AvgIpc) is 2.88. The van der Waals surface area contributed by atoms with E-state index in [0.717, 1.165) is 18.9 Å². The second-order valence-corrected chi connectivity index (χ2v) is 9.79. The molecule has 1 aromatic rings. The molecule has 0 aliphatic carbocycles. The van der Waals surface area contributed by atoms with E-state index in [1.807, 2.05) is 0 Å². The predicted octanol–water partition coefficient (Wildman–Crippen LogP) is 2.39. The molecule has 0 aromatic heterocycles. The van der Waals surface area contributed by atoms with Crippen molar-refractivity contribution >= 4 is 18.3 Å². The van der Waals surface area contributed by atoms with E-state index in [9.17, 15) is 34.6 Å². The minimum absolute atomic E-state index is 0.0754. The third-order valence-electron chi connectivity index (χ3n) is 5.24. The van der Waals surface area contributed by atoms with Crippen LogP contribution in [0.2, 0.25) is 0 Å². The maximum Gasteiger partial charge on any atom is 0.408 e. The molecule has 1 aliphatic heterocycles. The molecule has 41 heavy (non-hydrogen) atoms. The lowest BCUT2D eigenvalue weighted by Crippen LogP contribution is -2.52. The number of benzene rings is 1. The minimum Gasteiger partial charge on any atom is -0.487 e. The largest absolute Gasteiger partial charge is 0.487 e. The molecule has 0 radical (unpaired) electrons. The Kier molecular flexibility index (Phi) is 12.5. The molecular weight excluding hydrogens is 554 g/mol. The van der Waals surface area contributed by atoms with Crippen LogP contribution in [0.5, 0.6) is 11.5 Å². The molecule has 1 fully saturated rings. The summed E-state index contributed by atoms with van der Waals surface area (Å²) in [5.41, 5.74) is -0.804. The van der Waals surface area contributed by atoms with Gasteiger partial charge in [0.15, 0.2) is 29.9 Å². The number of alkyl carbamates (subject to hydrolysis) is 1. The zero-order chi connectivity index (χ0) is 30.6. The maximum atomic E-state index is 13.3. The van der Waals surface area contributed by atoms with E-state index >= 15 is 0 Å². The van der Waals surface area contributed by atoms with Gasteiger partial charge in [0.05, 0.1) is 6.10 Å². The number of aldehydes is 1.